The molecule has 20 heavy (non-hydrogen) atoms. The molecule has 106 valence electrons. The van der Waals surface area contributed by atoms with E-state index in [1.807, 2.05) is 6.92 Å². The second kappa shape index (κ2) is 6.41. The number of carbonyl (C=O) groups excluding carboxylic acids is 1. The minimum absolute atomic E-state index is 0.0615. The fraction of sp³-hybridized carbons (Fsp3) is 0.400. The molecule has 2 rings (SSSR count). The Morgan fingerprint density at radius 1 is 1.30 bits per heavy atom. The SMILES string of the molecule is CCCNc1nc(NCC(N)=O)nc(-n2cncn2)n1. The first-order chi connectivity index (χ1) is 9.69. The van der Waals surface area contributed by atoms with Gasteiger partial charge in [-0.3, -0.25) is 4.79 Å². The highest BCUT2D eigenvalue weighted by atomic mass is 16.1. The fourth-order valence-electron chi connectivity index (χ4n) is 1.34. The third-order valence-corrected chi connectivity index (χ3v) is 2.20. The number of nitrogens with one attached hydrogen (secondary N) is 2. The van der Waals surface area contributed by atoms with E-state index in [1.165, 1.54) is 17.3 Å². The molecule has 0 bridgehead atoms. The molecule has 0 spiro atoms. The van der Waals surface area contributed by atoms with Crippen molar-refractivity contribution in [2.75, 3.05) is 23.7 Å². The van der Waals surface area contributed by atoms with Crippen LogP contribution in [0.25, 0.3) is 5.95 Å². The van der Waals surface area contributed by atoms with E-state index in [0.717, 1.165) is 13.0 Å². The standard InChI is InChI=1S/C10H15N9O/c1-2-3-13-8-16-9(14-4-7(11)20)18-10(17-8)19-6-12-5-15-19/h5-6H,2-4H2,1H3,(H2,11,20)(H2,13,14,16,17,18). The molecule has 0 aliphatic carbocycles. The maximum atomic E-state index is 10.8. The number of nitrogens with zero attached hydrogens (tertiary/aromatic N) is 6. The van der Waals surface area contributed by atoms with Crippen LogP contribution in [0.5, 0.6) is 0 Å². The summed E-state index contributed by atoms with van der Waals surface area (Å²) in [6.07, 6.45) is 3.77. The second-order valence-electron chi connectivity index (χ2n) is 3.87. The molecule has 1 amide bonds. The Labute approximate surface area is 114 Å². The van der Waals surface area contributed by atoms with Crippen molar-refractivity contribution in [3.05, 3.63) is 12.7 Å². The zero-order chi connectivity index (χ0) is 14.4. The summed E-state index contributed by atoms with van der Waals surface area (Å²) in [5, 5.41) is 9.72. The molecule has 2 heterocycles. The Bertz CT molecular complexity index is 568. The van der Waals surface area contributed by atoms with Gasteiger partial charge in [-0.15, -0.1) is 0 Å². The second-order valence-corrected chi connectivity index (χ2v) is 3.87. The van der Waals surface area contributed by atoms with Gasteiger partial charge in [-0.25, -0.2) is 4.98 Å². The first-order valence-corrected chi connectivity index (χ1v) is 6.06. The van der Waals surface area contributed by atoms with E-state index in [9.17, 15) is 4.79 Å². The normalized spacial score (nSPS) is 10.2. The zero-order valence-electron chi connectivity index (χ0n) is 10.9. The molecule has 0 radical (unpaired) electrons. The monoisotopic (exact) mass is 277 g/mol. The van der Waals surface area contributed by atoms with Crippen LogP contribution in [-0.2, 0) is 4.79 Å². The van der Waals surface area contributed by atoms with Crippen molar-refractivity contribution in [2.45, 2.75) is 13.3 Å². The van der Waals surface area contributed by atoms with Gasteiger partial charge in [0.25, 0.3) is 5.95 Å². The molecule has 2 aromatic heterocycles. The van der Waals surface area contributed by atoms with Gasteiger partial charge in [-0.05, 0) is 6.42 Å². The van der Waals surface area contributed by atoms with Gasteiger partial charge < -0.3 is 16.4 Å². The number of hydrogen-bond acceptors (Lipinski definition) is 8. The first kappa shape index (κ1) is 13.6. The number of rotatable bonds is 7. The van der Waals surface area contributed by atoms with E-state index in [1.54, 1.807) is 0 Å². The zero-order valence-corrected chi connectivity index (χ0v) is 10.9. The van der Waals surface area contributed by atoms with Crippen LogP contribution in [0.3, 0.4) is 0 Å². The van der Waals surface area contributed by atoms with Crippen molar-refractivity contribution in [1.82, 2.24) is 29.7 Å². The highest BCUT2D eigenvalue weighted by Gasteiger charge is 2.09. The van der Waals surface area contributed by atoms with Crippen LogP contribution >= 0.6 is 0 Å². The summed E-state index contributed by atoms with van der Waals surface area (Å²) < 4.78 is 1.40. The summed E-state index contributed by atoms with van der Waals surface area (Å²) in [5.41, 5.74) is 5.08. The van der Waals surface area contributed by atoms with Crippen LogP contribution in [0.4, 0.5) is 11.9 Å². The van der Waals surface area contributed by atoms with Crippen molar-refractivity contribution in [3.8, 4) is 5.95 Å². The van der Waals surface area contributed by atoms with Crippen molar-refractivity contribution in [2.24, 2.45) is 5.73 Å². The molecular formula is C10H15N9O. The summed E-state index contributed by atoms with van der Waals surface area (Å²) >= 11 is 0. The van der Waals surface area contributed by atoms with Crippen molar-refractivity contribution in [1.29, 1.82) is 0 Å². The quantitative estimate of drug-likeness (QED) is 0.596. The number of hydrogen-bond donors (Lipinski definition) is 3. The van der Waals surface area contributed by atoms with Crippen LogP contribution in [0.15, 0.2) is 12.7 Å². The van der Waals surface area contributed by atoms with Gasteiger partial charge in [0.05, 0.1) is 6.54 Å². The molecule has 0 aliphatic rings. The maximum Gasteiger partial charge on any atom is 0.258 e. The Balaban J connectivity index is 2.26. The molecule has 10 heteroatoms. The maximum absolute atomic E-state index is 10.8. The van der Waals surface area contributed by atoms with Gasteiger partial charge >= 0.3 is 0 Å². The van der Waals surface area contributed by atoms with Crippen LogP contribution in [0.1, 0.15) is 13.3 Å². The molecule has 2 aromatic rings. The van der Waals surface area contributed by atoms with Crippen LogP contribution in [-0.4, -0.2) is 48.7 Å². The van der Waals surface area contributed by atoms with Crippen LogP contribution in [0.2, 0.25) is 0 Å². The van der Waals surface area contributed by atoms with Crippen LogP contribution in [0, 0.1) is 0 Å². The molecule has 0 unspecified atom stereocenters. The lowest BCUT2D eigenvalue weighted by molar-refractivity contribution is -0.116. The van der Waals surface area contributed by atoms with Gasteiger partial charge in [0.2, 0.25) is 17.8 Å². The van der Waals surface area contributed by atoms with E-state index >= 15 is 0 Å². The minimum Gasteiger partial charge on any atom is -0.368 e. The lowest BCUT2D eigenvalue weighted by Gasteiger charge is -2.08. The molecule has 0 atom stereocenters. The minimum atomic E-state index is -0.504. The van der Waals surface area contributed by atoms with Gasteiger partial charge in [0, 0.05) is 6.54 Å². The average molecular weight is 277 g/mol. The van der Waals surface area contributed by atoms with Crippen molar-refractivity contribution in [3.63, 3.8) is 0 Å². The molecule has 0 aliphatic heterocycles. The van der Waals surface area contributed by atoms with E-state index in [-0.39, 0.29) is 12.5 Å². The number of carbonyl (C=O) groups is 1. The molecular weight excluding hydrogens is 262 g/mol. The van der Waals surface area contributed by atoms with Crippen molar-refractivity contribution < 1.29 is 4.79 Å². The Kier molecular flexibility index (Phi) is 4.37. The molecule has 10 nitrogen and oxygen atoms in total. The average Bonchev–Trinajstić information content (AvgIpc) is 2.97. The lowest BCUT2D eigenvalue weighted by atomic mass is 10.5. The third-order valence-electron chi connectivity index (χ3n) is 2.20. The van der Waals surface area contributed by atoms with E-state index in [4.69, 9.17) is 5.73 Å². The number of primary amides is 1. The summed E-state index contributed by atoms with van der Waals surface area (Å²) in [5.74, 6) is 0.418. The predicted octanol–water partition coefficient (Wildman–Crippen LogP) is -0.829. The summed E-state index contributed by atoms with van der Waals surface area (Å²) in [7, 11) is 0. The largest absolute Gasteiger partial charge is 0.368 e. The van der Waals surface area contributed by atoms with Gasteiger partial charge in [0.15, 0.2) is 0 Å². The third kappa shape index (κ3) is 3.60. The molecule has 0 saturated heterocycles. The van der Waals surface area contributed by atoms with E-state index < -0.39 is 5.91 Å². The Morgan fingerprint density at radius 2 is 2.05 bits per heavy atom. The summed E-state index contributed by atoms with van der Waals surface area (Å²) in [4.78, 5) is 27.1. The number of amides is 1. The Morgan fingerprint density at radius 3 is 2.65 bits per heavy atom. The van der Waals surface area contributed by atoms with E-state index in [2.05, 4.69) is 35.7 Å². The van der Waals surface area contributed by atoms with Crippen LogP contribution < -0.4 is 16.4 Å². The van der Waals surface area contributed by atoms with Gasteiger partial charge in [-0.2, -0.15) is 24.7 Å². The number of aromatic nitrogens is 6. The summed E-state index contributed by atoms with van der Waals surface area (Å²) in [6, 6.07) is 0. The highest BCUT2D eigenvalue weighted by Crippen LogP contribution is 2.08. The lowest BCUT2D eigenvalue weighted by Crippen LogP contribution is -2.23. The summed E-state index contributed by atoms with van der Waals surface area (Å²) in [6.45, 7) is 2.68. The van der Waals surface area contributed by atoms with Crippen molar-refractivity contribution >= 4 is 17.8 Å². The Hall–Kier alpha value is -2.78. The first-order valence-electron chi connectivity index (χ1n) is 6.06. The molecule has 0 fully saturated rings. The molecule has 0 saturated carbocycles. The molecule has 4 N–H and O–H groups in total. The fourth-order valence-corrected chi connectivity index (χ4v) is 1.34. The smallest absolute Gasteiger partial charge is 0.258 e. The predicted molar refractivity (Wildman–Crippen MR) is 71.2 cm³/mol. The van der Waals surface area contributed by atoms with Gasteiger partial charge in [-0.1, -0.05) is 6.92 Å². The topological polar surface area (TPSA) is 137 Å². The van der Waals surface area contributed by atoms with E-state index in [0.29, 0.717) is 11.9 Å². The number of nitrogens with two attached hydrogens (primary N) is 1. The van der Waals surface area contributed by atoms with Gasteiger partial charge in [0.1, 0.15) is 12.7 Å². The number of anilines is 2. The highest BCUT2D eigenvalue weighted by molar-refractivity contribution is 5.78. The molecule has 0 aromatic carbocycles.